The zero-order chi connectivity index (χ0) is 13.0. The Morgan fingerprint density at radius 2 is 2.06 bits per heavy atom. The quantitative estimate of drug-likeness (QED) is 0.739. The largest absolute Gasteiger partial charge is 0.458 e. The van der Waals surface area contributed by atoms with E-state index in [1.54, 1.807) is 6.07 Å². The molecule has 2 nitrogen and oxygen atoms in total. The molecule has 0 aliphatic heterocycles. The second kappa shape index (κ2) is 6.26. The predicted molar refractivity (Wildman–Crippen MR) is 74.9 cm³/mol. The number of aliphatic hydroxyl groups excluding tert-OH is 1. The van der Waals surface area contributed by atoms with Gasteiger partial charge in [-0.15, -0.1) is 0 Å². The van der Waals surface area contributed by atoms with Crippen molar-refractivity contribution in [2.24, 2.45) is 0 Å². The summed E-state index contributed by atoms with van der Waals surface area (Å²) in [4.78, 5) is 0. The van der Waals surface area contributed by atoms with E-state index in [0.29, 0.717) is 10.8 Å². The van der Waals surface area contributed by atoms with Crippen LogP contribution in [0.1, 0.15) is 50.9 Å². The van der Waals surface area contributed by atoms with Gasteiger partial charge in [0, 0.05) is 10.4 Å². The summed E-state index contributed by atoms with van der Waals surface area (Å²) in [6.45, 7) is 2.18. The van der Waals surface area contributed by atoms with Gasteiger partial charge in [0.25, 0.3) is 0 Å². The lowest BCUT2D eigenvalue weighted by molar-refractivity contribution is 0.139. The number of hydrogen-bond acceptors (Lipinski definition) is 2. The van der Waals surface area contributed by atoms with Gasteiger partial charge in [0.1, 0.15) is 17.4 Å². The van der Waals surface area contributed by atoms with Crippen molar-refractivity contribution in [1.82, 2.24) is 0 Å². The first-order chi connectivity index (χ1) is 8.70. The van der Waals surface area contributed by atoms with Crippen LogP contribution < -0.4 is 0 Å². The molecule has 1 aromatic heterocycles. The lowest BCUT2D eigenvalue weighted by atomic mass is 10.1. The summed E-state index contributed by atoms with van der Waals surface area (Å²) >= 11 is 5.92. The second-order valence-corrected chi connectivity index (χ2v) is 5.13. The normalized spacial score (nSPS) is 13.1. The molecular weight excluding hydrogens is 248 g/mol. The van der Waals surface area contributed by atoms with Gasteiger partial charge >= 0.3 is 0 Å². The molecule has 0 aliphatic rings. The van der Waals surface area contributed by atoms with E-state index >= 15 is 0 Å². The van der Waals surface area contributed by atoms with Crippen molar-refractivity contribution in [3.05, 3.63) is 35.0 Å². The van der Waals surface area contributed by atoms with Crippen LogP contribution in [0.3, 0.4) is 0 Å². The monoisotopic (exact) mass is 266 g/mol. The van der Waals surface area contributed by atoms with E-state index in [9.17, 15) is 5.11 Å². The summed E-state index contributed by atoms with van der Waals surface area (Å²) in [5.74, 6) is 0.642. The van der Waals surface area contributed by atoms with Crippen LogP contribution >= 0.6 is 11.6 Å². The van der Waals surface area contributed by atoms with Gasteiger partial charge in [-0.1, -0.05) is 44.2 Å². The van der Waals surface area contributed by atoms with Crippen molar-refractivity contribution in [3.8, 4) is 0 Å². The minimum absolute atomic E-state index is 0.506. The fourth-order valence-electron chi connectivity index (χ4n) is 2.11. The molecule has 1 aromatic carbocycles. The van der Waals surface area contributed by atoms with Crippen LogP contribution in [-0.4, -0.2) is 5.11 Å². The van der Waals surface area contributed by atoms with Gasteiger partial charge < -0.3 is 9.52 Å². The Morgan fingerprint density at radius 1 is 1.22 bits per heavy atom. The van der Waals surface area contributed by atoms with Gasteiger partial charge in [-0.25, -0.2) is 0 Å². The number of halogens is 1. The molecule has 0 fully saturated rings. The molecule has 0 aliphatic carbocycles. The average Bonchev–Trinajstić information content (AvgIpc) is 2.77. The molecular formula is C15H19ClO2. The summed E-state index contributed by atoms with van der Waals surface area (Å²) in [5, 5.41) is 11.7. The van der Waals surface area contributed by atoms with Crippen molar-refractivity contribution < 1.29 is 9.52 Å². The van der Waals surface area contributed by atoms with Crippen LogP contribution in [0.2, 0.25) is 5.02 Å². The fourth-order valence-corrected chi connectivity index (χ4v) is 2.29. The molecule has 1 atom stereocenters. The lowest BCUT2D eigenvalue weighted by Crippen LogP contribution is -1.95. The van der Waals surface area contributed by atoms with E-state index in [-0.39, 0.29) is 0 Å². The standard InChI is InChI=1S/C15H19ClO2/c1-2-3-4-5-6-13(17)15-10-11-9-12(16)7-8-14(11)18-15/h7-10,13,17H,2-6H2,1H3. The number of furan rings is 1. The lowest BCUT2D eigenvalue weighted by Gasteiger charge is -2.06. The third-order valence-electron chi connectivity index (χ3n) is 3.16. The molecule has 18 heavy (non-hydrogen) atoms. The Morgan fingerprint density at radius 3 is 2.83 bits per heavy atom. The number of fused-ring (bicyclic) bond motifs is 1. The van der Waals surface area contributed by atoms with Gasteiger partial charge in [0.05, 0.1) is 0 Å². The fraction of sp³-hybridized carbons (Fsp3) is 0.467. The highest BCUT2D eigenvalue weighted by atomic mass is 35.5. The van der Waals surface area contributed by atoms with E-state index in [0.717, 1.165) is 23.8 Å². The molecule has 0 amide bonds. The smallest absolute Gasteiger partial charge is 0.134 e. The predicted octanol–water partition coefficient (Wildman–Crippen LogP) is 5.09. The number of benzene rings is 1. The summed E-state index contributed by atoms with van der Waals surface area (Å²) in [7, 11) is 0. The van der Waals surface area contributed by atoms with Crippen molar-refractivity contribution in [2.75, 3.05) is 0 Å². The van der Waals surface area contributed by atoms with E-state index in [1.807, 2.05) is 18.2 Å². The number of rotatable bonds is 6. The Balaban J connectivity index is 2.01. The van der Waals surface area contributed by atoms with Gasteiger partial charge in [-0.2, -0.15) is 0 Å². The van der Waals surface area contributed by atoms with Gasteiger partial charge in [-0.05, 0) is 30.7 Å². The molecule has 0 radical (unpaired) electrons. The molecule has 0 saturated heterocycles. The van der Waals surface area contributed by atoms with Crippen LogP contribution in [0.4, 0.5) is 0 Å². The number of unbranched alkanes of at least 4 members (excludes halogenated alkanes) is 3. The third kappa shape index (κ3) is 3.27. The topological polar surface area (TPSA) is 33.4 Å². The zero-order valence-corrected chi connectivity index (χ0v) is 11.4. The number of aliphatic hydroxyl groups is 1. The third-order valence-corrected chi connectivity index (χ3v) is 3.39. The molecule has 0 saturated carbocycles. The van der Waals surface area contributed by atoms with Crippen molar-refractivity contribution in [3.63, 3.8) is 0 Å². The summed E-state index contributed by atoms with van der Waals surface area (Å²) < 4.78 is 5.63. The van der Waals surface area contributed by atoms with Crippen LogP contribution in [0.5, 0.6) is 0 Å². The first-order valence-corrected chi connectivity index (χ1v) is 6.95. The average molecular weight is 267 g/mol. The molecule has 0 bridgehead atoms. The maximum absolute atomic E-state index is 10.1. The molecule has 1 N–H and O–H groups in total. The van der Waals surface area contributed by atoms with E-state index in [1.165, 1.54) is 19.3 Å². The maximum Gasteiger partial charge on any atom is 0.134 e. The SMILES string of the molecule is CCCCCCC(O)c1cc2cc(Cl)ccc2o1. The Hall–Kier alpha value is -0.990. The van der Waals surface area contributed by atoms with Crippen LogP contribution in [0, 0.1) is 0 Å². The molecule has 2 aromatic rings. The molecule has 98 valence electrons. The van der Waals surface area contributed by atoms with Crippen molar-refractivity contribution in [1.29, 1.82) is 0 Å². The highest BCUT2D eigenvalue weighted by molar-refractivity contribution is 6.31. The Kier molecular flexibility index (Phi) is 4.67. The number of hydrogen-bond donors (Lipinski definition) is 1. The first-order valence-electron chi connectivity index (χ1n) is 6.57. The minimum Gasteiger partial charge on any atom is -0.458 e. The van der Waals surface area contributed by atoms with Gasteiger partial charge in [-0.3, -0.25) is 0 Å². The van der Waals surface area contributed by atoms with Crippen LogP contribution in [0.15, 0.2) is 28.7 Å². The van der Waals surface area contributed by atoms with Crippen molar-refractivity contribution >= 4 is 22.6 Å². The first kappa shape index (κ1) is 13.4. The second-order valence-electron chi connectivity index (χ2n) is 4.70. The van der Waals surface area contributed by atoms with E-state index < -0.39 is 6.10 Å². The Labute approximate surface area is 113 Å². The highest BCUT2D eigenvalue weighted by Crippen LogP contribution is 2.28. The van der Waals surface area contributed by atoms with Gasteiger partial charge in [0.2, 0.25) is 0 Å². The van der Waals surface area contributed by atoms with Crippen LogP contribution in [-0.2, 0) is 0 Å². The summed E-state index contributed by atoms with van der Waals surface area (Å²) in [6, 6.07) is 7.37. The van der Waals surface area contributed by atoms with Crippen LogP contribution in [0.25, 0.3) is 11.0 Å². The molecule has 2 rings (SSSR count). The summed E-state index contributed by atoms with van der Waals surface area (Å²) in [6.07, 6.45) is 4.88. The zero-order valence-electron chi connectivity index (χ0n) is 10.7. The highest BCUT2D eigenvalue weighted by Gasteiger charge is 2.13. The van der Waals surface area contributed by atoms with E-state index in [4.69, 9.17) is 16.0 Å². The Bertz CT molecular complexity index is 504. The maximum atomic E-state index is 10.1. The molecule has 0 spiro atoms. The summed E-state index contributed by atoms with van der Waals surface area (Å²) in [5.41, 5.74) is 0.780. The molecule has 1 heterocycles. The van der Waals surface area contributed by atoms with Crippen molar-refractivity contribution in [2.45, 2.75) is 45.1 Å². The molecule has 3 heteroatoms. The minimum atomic E-state index is -0.506. The van der Waals surface area contributed by atoms with Gasteiger partial charge in [0.15, 0.2) is 0 Å². The van der Waals surface area contributed by atoms with E-state index in [2.05, 4.69) is 6.92 Å². The molecule has 1 unspecified atom stereocenters.